The van der Waals surface area contributed by atoms with Gasteiger partial charge in [-0.15, -0.1) is 0 Å². The highest BCUT2D eigenvalue weighted by atomic mass is 16.6. The number of phenolic OH excluding ortho intramolecular Hbond substituents is 1. The molecule has 3 atom stereocenters. The summed E-state index contributed by atoms with van der Waals surface area (Å²) in [6, 6.07) is 10.4. The topological polar surface area (TPSA) is 108 Å². The molecule has 0 bridgehead atoms. The number of nitrogens with zero attached hydrogens (tertiary/aromatic N) is 1. The lowest BCUT2D eigenvalue weighted by atomic mass is 9.95. The number of carbonyl (C=O) groups excluding carboxylic acids is 3. The third-order valence-electron chi connectivity index (χ3n) is 6.51. The second kappa shape index (κ2) is 14.7. The van der Waals surface area contributed by atoms with Crippen LogP contribution in [0.2, 0.25) is 0 Å². The van der Waals surface area contributed by atoms with E-state index >= 15 is 0 Å². The fraction of sp³-hybridized carbons (Fsp3) is 0.531. The van der Waals surface area contributed by atoms with Crippen LogP contribution in [0.25, 0.3) is 0 Å². The molecule has 3 amide bonds. The molecular formula is C32H47N3O5. The lowest BCUT2D eigenvalue weighted by Gasteiger charge is -2.35. The Morgan fingerprint density at radius 1 is 0.975 bits per heavy atom. The predicted molar refractivity (Wildman–Crippen MR) is 158 cm³/mol. The number of carbonyl (C=O) groups is 3. The number of ether oxygens (including phenoxy) is 1. The number of alkyl carbamates (subject to hydrolysis) is 1. The van der Waals surface area contributed by atoms with Gasteiger partial charge in [-0.2, -0.15) is 0 Å². The van der Waals surface area contributed by atoms with Gasteiger partial charge in [0, 0.05) is 19.0 Å². The van der Waals surface area contributed by atoms with Gasteiger partial charge in [-0.05, 0) is 83.2 Å². The molecule has 0 fully saturated rings. The van der Waals surface area contributed by atoms with E-state index in [1.165, 1.54) is 12.1 Å². The Morgan fingerprint density at radius 3 is 2.20 bits per heavy atom. The number of hydrogen-bond donors (Lipinski definition) is 3. The molecule has 0 aliphatic rings. The van der Waals surface area contributed by atoms with Crippen LogP contribution in [0.15, 0.2) is 42.5 Å². The summed E-state index contributed by atoms with van der Waals surface area (Å²) in [5, 5.41) is 15.6. The Bertz CT molecular complexity index is 1140. The molecule has 0 aromatic heterocycles. The first-order valence-corrected chi connectivity index (χ1v) is 14.2. The first-order chi connectivity index (χ1) is 18.7. The summed E-state index contributed by atoms with van der Waals surface area (Å²) in [5.74, 6) is -0.533. The quantitative estimate of drug-likeness (QED) is 0.311. The van der Waals surface area contributed by atoms with Crippen LogP contribution in [0.4, 0.5) is 4.79 Å². The number of rotatable bonds is 12. The van der Waals surface area contributed by atoms with Crippen molar-refractivity contribution >= 4 is 17.9 Å². The average molecular weight is 554 g/mol. The van der Waals surface area contributed by atoms with Crippen LogP contribution in [0.3, 0.4) is 0 Å². The van der Waals surface area contributed by atoms with Crippen molar-refractivity contribution < 1.29 is 24.2 Å². The summed E-state index contributed by atoms with van der Waals surface area (Å²) in [5.41, 5.74) is 2.63. The zero-order valence-electron chi connectivity index (χ0n) is 25.3. The third-order valence-corrected chi connectivity index (χ3v) is 6.51. The molecule has 3 unspecified atom stereocenters. The van der Waals surface area contributed by atoms with Crippen LogP contribution in [0.1, 0.15) is 89.1 Å². The molecule has 220 valence electrons. The molecule has 0 spiro atoms. The lowest BCUT2D eigenvalue weighted by molar-refractivity contribution is -0.142. The summed E-state index contributed by atoms with van der Waals surface area (Å²) < 4.78 is 5.48. The Hall–Kier alpha value is -3.55. The molecule has 8 heteroatoms. The Kier molecular flexibility index (Phi) is 12.0. The van der Waals surface area contributed by atoms with Crippen LogP contribution in [-0.2, 0) is 20.7 Å². The fourth-order valence-electron chi connectivity index (χ4n) is 4.66. The highest BCUT2D eigenvalue weighted by Gasteiger charge is 2.37. The van der Waals surface area contributed by atoms with E-state index in [1.54, 1.807) is 37.8 Å². The smallest absolute Gasteiger partial charge is 0.408 e. The lowest BCUT2D eigenvalue weighted by Crippen LogP contribution is -2.54. The van der Waals surface area contributed by atoms with E-state index < -0.39 is 23.8 Å². The van der Waals surface area contributed by atoms with E-state index in [-0.39, 0.29) is 30.0 Å². The number of aryl methyl sites for hydroxylation is 2. The summed E-state index contributed by atoms with van der Waals surface area (Å²) >= 11 is 0. The van der Waals surface area contributed by atoms with Crippen molar-refractivity contribution in [1.29, 1.82) is 0 Å². The highest BCUT2D eigenvalue weighted by molar-refractivity contribution is 5.92. The minimum Gasteiger partial charge on any atom is -0.508 e. The van der Waals surface area contributed by atoms with E-state index in [9.17, 15) is 19.5 Å². The molecule has 0 radical (unpaired) electrons. The van der Waals surface area contributed by atoms with E-state index in [0.717, 1.165) is 35.1 Å². The highest BCUT2D eigenvalue weighted by Crippen LogP contribution is 2.28. The van der Waals surface area contributed by atoms with Gasteiger partial charge in [-0.1, -0.05) is 56.2 Å². The normalized spacial score (nSPS) is 13.6. The second-order valence-corrected chi connectivity index (χ2v) is 11.6. The van der Waals surface area contributed by atoms with E-state index in [0.29, 0.717) is 13.0 Å². The molecule has 0 aliphatic heterocycles. The van der Waals surface area contributed by atoms with Crippen molar-refractivity contribution in [3.05, 3.63) is 64.7 Å². The van der Waals surface area contributed by atoms with E-state index in [1.807, 2.05) is 45.9 Å². The van der Waals surface area contributed by atoms with Crippen molar-refractivity contribution in [3.8, 4) is 5.75 Å². The van der Waals surface area contributed by atoms with Crippen LogP contribution >= 0.6 is 0 Å². The molecule has 2 rings (SSSR count). The van der Waals surface area contributed by atoms with Crippen molar-refractivity contribution in [2.45, 2.75) is 105 Å². The summed E-state index contributed by atoms with van der Waals surface area (Å²) in [6.07, 6.45) is 1.79. The van der Waals surface area contributed by atoms with Gasteiger partial charge in [0.15, 0.2) is 0 Å². The average Bonchev–Trinajstić information content (AvgIpc) is 2.85. The maximum absolute atomic E-state index is 14.4. The van der Waals surface area contributed by atoms with Crippen LogP contribution < -0.4 is 10.6 Å². The number of benzene rings is 2. The number of hydrogen-bond acceptors (Lipinski definition) is 5. The maximum Gasteiger partial charge on any atom is 0.408 e. The second-order valence-electron chi connectivity index (χ2n) is 11.6. The summed E-state index contributed by atoms with van der Waals surface area (Å²) in [4.78, 5) is 42.7. The van der Waals surface area contributed by atoms with Gasteiger partial charge in [-0.3, -0.25) is 9.59 Å². The van der Waals surface area contributed by atoms with E-state index in [2.05, 4.69) is 17.6 Å². The Morgan fingerprint density at radius 2 is 1.62 bits per heavy atom. The largest absolute Gasteiger partial charge is 0.508 e. The number of aromatic hydroxyl groups is 1. The van der Waals surface area contributed by atoms with Gasteiger partial charge in [0.25, 0.3) is 0 Å². The molecule has 0 saturated heterocycles. The standard InChI is InChI=1S/C32H47N3O5/c1-9-11-23(5)33-29(37)28(26-19-21(3)12-13-22(26)4)35(18-10-2)30(38)27(34-31(39)40-32(6,7)8)20-24-14-16-25(36)17-15-24/h12-17,19,23,27-28,36H,9-11,18,20H2,1-8H3,(H,33,37)(H,34,39). The first-order valence-electron chi connectivity index (χ1n) is 14.2. The predicted octanol–water partition coefficient (Wildman–Crippen LogP) is 5.73. The monoisotopic (exact) mass is 553 g/mol. The molecule has 0 saturated carbocycles. The van der Waals surface area contributed by atoms with Crippen LogP contribution in [0, 0.1) is 13.8 Å². The van der Waals surface area contributed by atoms with Crippen molar-refractivity contribution in [2.75, 3.05) is 6.54 Å². The molecular weight excluding hydrogens is 506 g/mol. The van der Waals surface area contributed by atoms with Gasteiger partial charge in [-0.25, -0.2) is 4.79 Å². The molecule has 2 aromatic carbocycles. The third kappa shape index (κ3) is 9.88. The van der Waals surface area contributed by atoms with Gasteiger partial charge >= 0.3 is 6.09 Å². The van der Waals surface area contributed by atoms with E-state index in [4.69, 9.17) is 4.74 Å². The molecule has 0 heterocycles. The Balaban J connectivity index is 2.58. The molecule has 2 aromatic rings. The number of nitrogens with one attached hydrogen (secondary N) is 2. The first kappa shape index (κ1) is 32.7. The summed E-state index contributed by atoms with van der Waals surface area (Å²) in [7, 11) is 0. The SMILES string of the molecule is CCCC(C)NC(=O)C(c1cc(C)ccc1C)N(CCC)C(=O)C(Cc1ccc(O)cc1)NC(=O)OC(C)(C)C. The van der Waals surface area contributed by atoms with Crippen molar-refractivity contribution in [3.63, 3.8) is 0 Å². The van der Waals surface area contributed by atoms with Gasteiger partial charge < -0.3 is 25.4 Å². The maximum atomic E-state index is 14.4. The van der Waals surface area contributed by atoms with Gasteiger partial charge in [0.05, 0.1) is 0 Å². The van der Waals surface area contributed by atoms with Crippen molar-refractivity contribution in [2.24, 2.45) is 0 Å². The van der Waals surface area contributed by atoms with Crippen LogP contribution in [0.5, 0.6) is 5.75 Å². The number of amides is 3. The molecule has 3 N–H and O–H groups in total. The minimum absolute atomic E-state index is 0.0589. The van der Waals surface area contributed by atoms with Crippen molar-refractivity contribution in [1.82, 2.24) is 15.5 Å². The minimum atomic E-state index is -1.00. The number of phenols is 1. The Labute approximate surface area is 239 Å². The zero-order chi connectivity index (χ0) is 30.0. The summed E-state index contributed by atoms with van der Waals surface area (Å²) in [6.45, 7) is 15.5. The molecule has 0 aliphatic carbocycles. The zero-order valence-corrected chi connectivity index (χ0v) is 25.3. The van der Waals surface area contributed by atoms with Crippen LogP contribution in [-0.4, -0.2) is 52.1 Å². The fourth-order valence-corrected chi connectivity index (χ4v) is 4.66. The molecule has 40 heavy (non-hydrogen) atoms. The van der Waals surface area contributed by atoms with Gasteiger partial charge in [0.1, 0.15) is 23.4 Å². The van der Waals surface area contributed by atoms with Gasteiger partial charge in [0.2, 0.25) is 11.8 Å². The molecule has 8 nitrogen and oxygen atoms in total.